The fourth-order valence-electron chi connectivity index (χ4n) is 4.36. The van der Waals surface area contributed by atoms with Gasteiger partial charge in [0, 0.05) is 11.4 Å². The summed E-state index contributed by atoms with van der Waals surface area (Å²) in [5.41, 5.74) is 12.2. The SMILES string of the molecule is CC(C)c1ccc([C@@H]2CC(=O)c3c(nc4c(cnn4-c4ccc(Cl)cc4)c3N)C2)cc1. The Morgan fingerprint density at radius 1 is 1.06 bits per heavy atom. The highest BCUT2D eigenvalue weighted by molar-refractivity contribution is 6.30. The number of rotatable bonds is 3. The van der Waals surface area contributed by atoms with Gasteiger partial charge in [-0.15, -0.1) is 0 Å². The number of halogens is 1. The minimum atomic E-state index is 0.0466. The molecule has 4 aromatic rings. The van der Waals surface area contributed by atoms with Gasteiger partial charge in [0.05, 0.1) is 34.2 Å². The second kappa shape index (κ2) is 7.50. The maximum atomic E-state index is 13.1. The Labute approximate surface area is 185 Å². The lowest BCUT2D eigenvalue weighted by atomic mass is 9.80. The summed E-state index contributed by atoms with van der Waals surface area (Å²) in [6, 6.07) is 16.0. The van der Waals surface area contributed by atoms with Crippen molar-refractivity contribution in [2.24, 2.45) is 0 Å². The lowest BCUT2D eigenvalue weighted by Gasteiger charge is -2.25. The molecule has 6 heteroatoms. The predicted octanol–water partition coefficient (Wildman–Crippen LogP) is 5.69. The van der Waals surface area contributed by atoms with E-state index in [0.29, 0.717) is 46.1 Å². The molecule has 0 amide bonds. The van der Waals surface area contributed by atoms with Crippen molar-refractivity contribution in [1.82, 2.24) is 14.8 Å². The maximum absolute atomic E-state index is 13.1. The van der Waals surface area contributed by atoms with Gasteiger partial charge in [-0.3, -0.25) is 4.79 Å². The maximum Gasteiger partial charge on any atom is 0.167 e. The van der Waals surface area contributed by atoms with Crippen LogP contribution >= 0.6 is 11.6 Å². The van der Waals surface area contributed by atoms with Crippen molar-refractivity contribution in [3.05, 3.63) is 82.1 Å². The zero-order valence-corrected chi connectivity index (χ0v) is 18.2. The first kappa shape index (κ1) is 19.8. The summed E-state index contributed by atoms with van der Waals surface area (Å²) < 4.78 is 1.74. The van der Waals surface area contributed by atoms with Gasteiger partial charge in [0.2, 0.25) is 0 Å². The minimum absolute atomic E-state index is 0.0466. The van der Waals surface area contributed by atoms with Crippen molar-refractivity contribution in [2.75, 3.05) is 5.73 Å². The van der Waals surface area contributed by atoms with Gasteiger partial charge in [0.15, 0.2) is 11.4 Å². The zero-order valence-electron chi connectivity index (χ0n) is 17.5. The summed E-state index contributed by atoms with van der Waals surface area (Å²) in [7, 11) is 0. The number of carbonyl (C=O) groups excluding carboxylic acids is 1. The number of nitrogens with two attached hydrogens (primary N) is 1. The Bertz CT molecular complexity index is 1290. The fourth-order valence-corrected chi connectivity index (χ4v) is 4.49. The third-order valence-corrected chi connectivity index (χ3v) is 6.38. The number of aromatic nitrogens is 3. The molecule has 0 unspecified atom stereocenters. The van der Waals surface area contributed by atoms with Gasteiger partial charge in [-0.2, -0.15) is 5.10 Å². The first-order valence-electron chi connectivity index (χ1n) is 10.5. The molecule has 156 valence electrons. The molecule has 31 heavy (non-hydrogen) atoms. The van der Waals surface area contributed by atoms with Crippen LogP contribution in [0.25, 0.3) is 16.7 Å². The lowest BCUT2D eigenvalue weighted by Crippen LogP contribution is -2.22. The molecular weight excluding hydrogens is 408 g/mol. The molecule has 0 spiro atoms. The Balaban J connectivity index is 1.58. The number of hydrogen-bond acceptors (Lipinski definition) is 4. The Kier molecular flexibility index (Phi) is 4.78. The summed E-state index contributed by atoms with van der Waals surface area (Å²) >= 11 is 6.03. The van der Waals surface area contributed by atoms with Crippen LogP contribution in [-0.2, 0) is 6.42 Å². The lowest BCUT2D eigenvalue weighted by molar-refractivity contribution is 0.0964. The molecule has 0 aliphatic heterocycles. The molecule has 1 aliphatic rings. The first-order valence-corrected chi connectivity index (χ1v) is 10.8. The molecule has 0 saturated heterocycles. The fraction of sp³-hybridized carbons (Fsp3) is 0.240. The summed E-state index contributed by atoms with van der Waals surface area (Å²) in [6.07, 6.45) is 2.79. The Hall–Kier alpha value is -3.18. The summed E-state index contributed by atoms with van der Waals surface area (Å²) in [4.78, 5) is 17.9. The molecule has 2 aromatic carbocycles. The number of Topliss-reactive ketones (excluding diaryl/α,β-unsaturated/α-hetero) is 1. The van der Waals surface area contributed by atoms with Crippen molar-refractivity contribution >= 4 is 34.1 Å². The van der Waals surface area contributed by atoms with Crippen LogP contribution in [0, 0.1) is 0 Å². The van der Waals surface area contributed by atoms with Crippen LogP contribution in [0.5, 0.6) is 0 Å². The number of carbonyl (C=O) groups is 1. The summed E-state index contributed by atoms with van der Waals surface area (Å²) in [5, 5.41) is 5.83. The first-order chi connectivity index (χ1) is 14.9. The minimum Gasteiger partial charge on any atom is -0.397 e. The van der Waals surface area contributed by atoms with E-state index in [9.17, 15) is 4.79 Å². The number of fused-ring (bicyclic) bond motifs is 2. The number of nitrogen functional groups attached to an aromatic ring is 1. The molecule has 5 nitrogen and oxygen atoms in total. The third kappa shape index (κ3) is 3.39. The van der Waals surface area contributed by atoms with E-state index in [2.05, 4.69) is 43.2 Å². The van der Waals surface area contributed by atoms with Gasteiger partial charge in [-0.05, 0) is 53.6 Å². The van der Waals surface area contributed by atoms with Crippen molar-refractivity contribution in [2.45, 2.75) is 38.5 Å². The molecule has 2 heterocycles. The van der Waals surface area contributed by atoms with Gasteiger partial charge in [-0.1, -0.05) is 49.7 Å². The Morgan fingerprint density at radius 2 is 1.77 bits per heavy atom. The molecular formula is C25H23ClN4O. The summed E-state index contributed by atoms with van der Waals surface area (Å²) in [6.45, 7) is 4.36. The van der Waals surface area contributed by atoms with E-state index in [0.717, 1.165) is 16.9 Å². The van der Waals surface area contributed by atoms with Crippen LogP contribution in [0.2, 0.25) is 5.02 Å². The predicted molar refractivity (Wildman–Crippen MR) is 124 cm³/mol. The highest BCUT2D eigenvalue weighted by atomic mass is 35.5. The monoisotopic (exact) mass is 430 g/mol. The normalized spacial score (nSPS) is 16.1. The van der Waals surface area contributed by atoms with Crippen LogP contribution in [0.4, 0.5) is 5.69 Å². The van der Waals surface area contributed by atoms with E-state index >= 15 is 0 Å². The molecule has 2 N–H and O–H groups in total. The highest BCUT2D eigenvalue weighted by Gasteiger charge is 2.31. The molecule has 1 aliphatic carbocycles. The van der Waals surface area contributed by atoms with Gasteiger partial charge < -0.3 is 5.73 Å². The summed E-state index contributed by atoms with van der Waals surface area (Å²) in [5.74, 6) is 0.619. The molecule has 0 radical (unpaired) electrons. The standard InChI is InChI=1S/C25H23ClN4O/c1-14(2)15-3-5-16(6-4-15)17-11-21-23(22(31)12-17)24(27)20-13-28-30(25(20)29-21)19-9-7-18(26)8-10-19/h3-10,13-14,17H,11-12H2,1-2H3,(H2,27,29)/t17-/m0/s1. The van der Waals surface area contributed by atoms with Crippen LogP contribution in [0.15, 0.2) is 54.7 Å². The van der Waals surface area contributed by atoms with Gasteiger partial charge in [0.1, 0.15) is 0 Å². The van der Waals surface area contributed by atoms with Crippen molar-refractivity contribution in [3.8, 4) is 5.69 Å². The van der Waals surface area contributed by atoms with E-state index in [1.165, 1.54) is 5.56 Å². The van der Waals surface area contributed by atoms with E-state index in [-0.39, 0.29) is 11.7 Å². The van der Waals surface area contributed by atoms with Crippen molar-refractivity contribution < 1.29 is 4.79 Å². The van der Waals surface area contributed by atoms with Crippen molar-refractivity contribution in [1.29, 1.82) is 0 Å². The van der Waals surface area contributed by atoms with E-state index in [1.54, 1.807) is 10.9 Å². The van der Waals surface area contributed by atoms with E-state index < -0.39 is 0 Å². The average Bonchev–Trinajstić information content (AvgIpc) is 3.18. The molecule has 0 fully saturated rings. The second-order valence-corrected chi connectivity index (χ2v) is 8.90. The number of nitrogens with zero attached hydrogens (tertiary/aromatic N) is 3. The Morgan fingerprint density at radius 3 is 2.45 bits per heavy atom. The van der Waals surface area contributed by atoms with Crippen LogP contribution in [0.1, 0.15) is 59.3 Å². The topological polar surface area (TPSA) is 73.8 Å². The van der Waals surface area contributed by atoms with Crippen LogP contribution < -0.4 is 5.73 Å². The van der Waals surface area contributed by atoms with Gasteiger partial charge >= 0.3 is 0 Å². The van der Waals surface area contributed by atoms with E-state index in [1.807, 2.05) is 24.3 Å². The second-order valence-electron chi connectivity index (χ2n) is 8.47. The molecule has 0 bridgehead atoms. The number of anilines is 1. The molecule has 5 rings (SSSR count). The van der Waals surface area contributed by atoms with E-state index in [4.69, 9.17) is 22.3 Å². The van der Waals surface area contributed by atoms with Crippen LogP contribution in [-0.4, -0.2) is 20.5 Å². The average molecular weight is 431 g/mol. The quantitative estimate of drug-likeness (QED) is 0.453. The van der Waals surface area contributed by atoms with Crippen molar-refractivity contribution in [3.63, 3.8) is 0 Å². The largest absolute Gasteiger partial charge is 0.397 e. The van der Waals surface area contributed by atoms with Crippen LogP contribution in [0.3, 0.4) is 0 Å². The van der Waals surface area contributed by atoms with Gasteiger partial charge in [-0.25, -0.2) is 9.67 Å². The molecule has 2 aromatic heterocycles. The highest BCUT2D eigenvalue weighted by Crippen LogP contribution is 2.37. The zero-order chi connectivity index (χ0) is 21.7. The number of ketones is 1. The smallest absolute Gasteiger partial charge is 0.167 e. The van der Waals surface area contributed by atoms with Gasteiger partial charge in [0.25, 0.3) is 0 Å². The number of benzene rings is 2. The third-order valence-electron chi connectivity index (χ3n) is 6.13. The molecule has 0 saturated carbocycles. The molecule has 1 atom stereocenters. The number of pyridine rings is 1. The number of hydrogen-bond donors (Lipinski definition) is 1.